The monoisotopic (exact) mass is 390 g/mol. The summed E-state index contributed by atoms with van der Waals surface area (Å²) in [6.45, 7) is 0. The number of H-pyrrole nitrogens is 1. The zero-order valence-corrected chi connectivity index (χ0v) is 14.9. The van der Waals surface area contributed by atoms with E-state index in [2.05, 4.69) is 20.2 Å². The number of hydrogen-bond acceptors (Lipinski definition) is 5. The average molecular weight is 390 g/mol. The van der Waals surface area contributed by atoms with Gasteiger partial charge >= 0.3 is 0 Å². The van der Waals surface area contributed by atoms with Gasteiger partial charge in [0.05, 0.1) is 18.9 Å². The molecule has 1 aromatic heterocycles. The number of methoxy groups -OCH3 is 1. The molecule has 3 aromatic rings. The highest BCUT2D eigenvalue weighted by molar-refractivity contribution is 7.92. The van der Waals surface area contributed by atoms with Gasteiger partial charge in [-0.1, -0.05) is 0 Å². The van der Waals surface area contributed by atoms with Gasteiger partial charge in [-0.15, -0.1) is 0 Å². The van der Waals surface area contributed by atoms with Crippen LogP contribution < -0.4 is 14.8 Å². The second-order valence-corrected chi connectivity index (χ2v) is 7.03. The smallest absolute Gasteiger partial charge is 0.279 e. The van der Waals surface area contributed by atoms with E-state index in [1.165, 1.54) is 43.5 Å². The zero-order chi connectivity index (χ0) is 19.4. The Kier molecular flexibility index (Phi) is 5.08. The van der Waals surface area contributed by atoms with Gasteiger partial charge in [-0.3, -0.25) is 14.6 Å². The van der Waals surface area contributed by atoms with Crippen molar-refractivity contribution < 1.29 is 22.3 Å². The van der Waals surface area contributed by atoms with Crippen LogP contribution >= 0.6 is 0 Å². The van der Waals surface area contributed by atoms with Crippen LogP contribution in [0.5, 0.6) is 5.75 Å². The lowest BCUT2D eigenvalue weighted by Gasteiger charge is -2.09. The number of aromatic amines is 1. The number of anilines is 2. The highest BCUT2D eigenvalue weighted by Crippen LogP contribution is 2.21. The number of halogens is 1. The molecule has 10 heteroatoms. The second kappa shape index (κ2) is 7.46. The van der Waals surface area contributed by atoms with Crippen molar-refractivity contribution in [2.24, 2.45) is 0 Å². The van der Waals surface area contributed by atoms with Crippen LogP contribution in [0.1, 0.15) is 10.4 Å². The van der Waals surface area contributed by atoms with Gasteiger partial charge in [-0.05, 0) is 48.5 Å². The summed E-state index contributed by atoms with van der Waals surface area (Å²) in [7, 11) is -2.60. The number of carbonyl (C=O) groups is 1. The summed E-state index contributed by atoms with van der Waals surface area (Å²) in [6, 6.07) is 11.3. The van der Waals surface area contributed by atoms with E-state index in [0.717, 1.165) is 6.20 Å². The zero-order valence-electron chi connectivity index (χ0n) is 14.1. The highest BCUT2D eigenvalue weighted by atomic mass is 32.2. The first kappa shape index (κ1) is 18.4. The van der Waals surface area contributed by atoms with Crippen LogP contribution in [0.2, 0.25) is 0 Å². The molecule has 27 heavy (non-hydrogen) atoms. The summed E-state index contributed by atoms with van der Waals surface area (Å²) in [5.74, 6) is -0.590. The van der Waals surface area contributed by atoms with Gasteiger partial charge in [0.25, 0.3) is 15.9 Å². The van der Waals surface area contributed by atoms with Gasteiger partial charge in [0.15, 0.2) is 5.03 Å². The Morgan fingerprint density at radius 3 is 2.33 bits per heavy atom. The average Bonchev–Trinajstić information content (AvgIpc) is 3.15. The van der Waals surface area contributed by atoms with E-state index in [4.69, 9.17) is 4.74 Å². The molecule has 8 nitrogen and oxygen atoms in total. The lowest BCUT2D eigenvalue weighted by Crippen LogP contribution is -2.19. The molecule has 140 valence electrons. The number of amides is 1. The summed E-state index contributed by atoms with van der Waals surface area (Å²) in [5.41, 5.74) is 0.421. The standard InChI is InChI=1S/C17H15FN4O4S/c1-26-14-8-6-13(7-9-14)22-27(24,25)17-15(10-19-21-17)16(23)20-12-4-2-11(18)3-5-12/h2-10,22H,1H3,(H,19,21)(H,20,23). The molecule has 3 N–H and O–H groups in total. The Bertz CT molecular complexity index is 1050. The molecule has 0 aliphatic carbocycles. The molecule has 0 saturated heterocycles. The fourth-order valence-corrected chi connectivity index (χ4v) is 3.39. The number of nitrogens with one attached hydrogen (secondary N) is 3. The summed E-state index contributed by atoms with van der Waals surface area (Å²) in [5, 5.41) is 8.07. The Labute approximate surface area is 154 Å². The molecule has 0 bridgehead atoms. The van der Waals surface area contributed by atoms with Crippen molar-refractivity contribution in [3.63, 3.8) is 0 Å². The maximum atomic E-state index is 12.9. The highest BCUT2D eigenvalue weighted by Gasteiger charge is 2.25. The van der Waals surface area contributed by atoms with Gasteiger partial charge < -0.3 is 10.1 Å². The molecule has 1 heterocycles. The van der Waals surface area contributed by atoms with Gasteiger partial charge in [-0.25, -0.2) is 4.39 Å². The molecule has 0 radical (unpaired) electrons. The molecule has 0 spiro atoms. The van der Waals surface area contributed by atoms with E-state index in [0.29, 0.717) is 11.4 Å². The van der Waals surface area contributed by atoms with Gasteiger partial charge in [0, 0.05) is 11.4 Å². The number of sulfonamides is 1. The van der Waals surface area contributed by atoms with Crippen LogP contribution in [0.15, 0.2) is 59.8 Å². The first-order chi connectivity index (χ1) is 12.9. The van der Waals surface area contributed by atoms with Crippen molar-refractivity contribution in [2.45, 2.75) is 5.03 Å². The molecule has 1 amide bonds. The number of aromatic nitrogens is 2. The van der Waals surface area contributed by atoms with E-state index < -0.39 is 26.8 Å². The maximum Gasteiger partial charge on any atom is 0.279 e. The molecular weight excluding hydrogens is 375 g/mol. The van der Waals surface area contributed by atoms with E-state index in [1.807, 2.05) is 0 Å². The Morgan fingerprint density at radius 1 is 1.07 bits per heavy atom. The largest absolute Gasteiger partial charge is 0.497 e. The van der Waals surface area contributed by atoms with Crippen molar-refractivity contribution >= 4 is 27.3 Å². The third kappa shape index (κ3) is 4.23. The van der Waals surface area contributed by atoms with Gasteiger partial charge in [-0.2, -0.15) is 13.5 Å². The minimum Gasteiger partial charge on any atom is -0.497 e. The number of ether oxygens (including phenoxy) is 1. The molecule has 0 unspecified atom stereocenters. The van der Waals surface area contributed by atoms with E-state index >= 15 is 0 Å². The second-order valence-electron chi connectivity index (χ2n) is 5.41. The molecule has 3 rings (SSSR count). The van der Waals surface area contributed by atoms with Gasteiger partial charge in [0.1, 0.15) is 11.6 Å². The predicted molar refractivity (Wildman–Crippen MR) is 96.7 cm³/mol. The first-order valence-corrected chi connectivity index (χ1v) is 9.14. The minimum atomic E-state index is -4.09. The Hall–Kier alpha value is -3.40. The summed E-state index contributed by atoms with van der Waals surface area (Å²) in [6.07, 6.45) is 1.10. The first-order valence-electron chi connectivity index (χ1n) is 7.66. The van der Waals surface area contributed by atoms with E-state index in [-0.39, 0.29) is 11.3 Å². The number of hydrogen-bond donors (Lipinski definition) is 3. The quantitative estimate of drug-likeness (QED) is 0.599. The van der Waals surface area contributed by atoms with Crippen LogP contribution in [0, 0.1) is 5.82 Å². The molecule has 2 aromatic carbocycles. The minimum absolute atomic E-state index is 0.180. The van der Waals surface area contributed by atoms with Crippen molar-refractivity contribution in [1.29, 1.82) is 0 Å². The summed E-state index contributed by atoms with van der Waals surface area (Å²) >= 11 is 0. The summed E-state index contributed by atoms with van der Waals surface area (Å²) in [4.78, 5) is 12.4. The summed E-state index contributed by atoms with van der Waals surface area (Å²) < 4.78 is 45.5. The molecule has 0 fully saturated rings. The lowest BCUT2D eigenvalue weighted by atomic mass is 10.3. The normalized spacial score (nSPS) is 11.0. The molecular formula is C17H15FN4O4S. The fraction of sp³-hybridized carbons (Fsp3) is 0.0588. The Balaban J connectivity index is 1.81. The third-order valence-corrected chi connectivity index (χ3v) is 4.92. The van der Waals surface area contributed by atoms with E-state index in [1.54, 1.807) is 12.1 Å². The third-order valence-electron chi connectivity index (χ3n) is 3.56. The van der Waals surface area contributed by atoms with Crippen LogP contribution in [0.4, 0.5) is 15.8 Å². The van der Waals surface area contributed by atoms with Crippen molar-refractivity contribution in [3.8, 4) is 5.75 Å². The predicted octanol–water partition coefficient (Wildman–Crippen LogP) is 2.61. The molecule has 0 aliphatic heterocycles. The van der Waals surface area contributed by atoms with Crippen LogP contribution in [-0.4, -0.2) is 31.6 Å². The van der Waals surface area contributed by atoms with Gasteiger partial charge in [0.2, 0.25) is 0 Å². The van der Waals surface area contributed by atoms with Crippen molar-refractivity contribution in [1.82, 2.24) is 10.2 Å². The van der Waals surface area contributed by atoms with Crippen molar-refractivity contribution in [2.75, 3.05) is 17.1 Å². The van der Waals surface area contributed by atoms with Crippen LogP contribution in [0.3, 0.4) is 0 Å². The lowest BCUT2D eigenvalue weighted by molar-refractivity contribution is 0.102. The number of rotatable bonds is 6. The topological polar surface area (TPSA) is 113 Å². The Morgan fingerprint density at radius 2 is 1.70 bits per heavy atom. The molecule has 0 aliphatic rings. The fourth-order valence-electron chi connectivity index (χ4n) is 2.24. The van der Waals surface area contributed by atoms with E-state index in [9.17, 15) is 17.6 Å². The van der Waals surface area contributed by atoms with Crippen LogP contribution in [-0.2, 0) is 10.0 Å². The molecule has 0 atom stereocenters. The van der Waals surface area contributed by atoms with Crippen LogP contribution in [0.25, 0.3) is 0 Å². The number of carbonyl (C=O) groups excluding carboxylic acids is 1. The maximum absolute atomic E-state index is 12.9. The molecule has 0 saturated carbocycles. The SMILES string of the molecule is COc1ccc(NS(=O)(=O)c2[nH]ncc2C(=O)Nc2ccc(F)cc2)cc1. The number of nitrogens with zero attached hydrogens (tertiary/aromatic N) is 1. The number of benzene rings is 2. The van der Waals surface area contributed by atoms with Crippen molar-refractivity contribution in [3.05, 3.63) is 66.1 Å².